The van der Waals surface area contributed by atoms with E-state index in [9.17, 15) is 4.79 Å². The first-order valence-corrected chi connectivity index (χ1v) is 7.53. The van der Waals surface area contributed by atoms with Crippen LogP contribution in [0.15, 0.2) is 24.3 Å². The lowest BCUT2D eigenvalue weighted by molar-refractivity contribution is -0.115. The Morgan fingerprint density at radius 3 is 2.55 bits per heavy atom. The highest BCUT2D eigenvalue weighted by atomic mass is 16.1. The molecule has 2 rings (SSSR count). The number of anilines is 1. The monoisotopic (exact) mass is 275 g/mol. The van der Waals surface area contributed by atoms with E-state index in [1.807, 2.05) is 31.2 Å². The summed E-state index contributed by atoms with van der Waals surface area (Å²) in [5, 5.41) is 6.10. The van der Waals surface area contributed by atoms with Crippen molar-refractivity contribution in [1.29, 1.82) is 0 Å². The number of hydrogen-bond donors (Lipinski definition) is 2. The first-order chi connectivity index (χ1) is 9.74. The molecule has 1 saturated heterocycles. The van der Waals surface area contributed by atoms with Gasteiger partial charge >= 0.3 is 0 Å². The van der Waals surface area contributed by atoms with Crippen LogP contribution in [0.5, 0.6) is 0 Å². The van der Waals surface area contributed by atoms with E-state index in [1.165, 1.54) is 37.9 Å². The molecule has 0 saturated carbocycles. The number of aryl methyl sites for hydroxylation is 1. The molecule has 0 unspecified atom stereocenters. The van der Waals surface area contributed by atoms with Crippen molar-refractivity contribution in [3.05, 3.63) is 29.8 Å². The zero-order valence-corrected chi connectivity index (χ0v) is 12.3. The molecule has 1 aliphatic rings. The van der Waals surface area contributed by atoms with Crippen LogP contribution in [0.1, 0.15) is 24.8 Å². The Bertz CT molecular complexity index is 410. The van der Waals surface area contributed by atoms with Gasteiger partial charge in [-0.1, -0.05) is 24.1 Å². The Balaban J connectivity index is 1.59. The second kappa shape index (κ2) is 8.02. The summed E-state index contributed by atoms with van der Waals surface area (Å²) in [6.07, 6.45) is 3.99. The van der Waals surface area contributed by atoms with Crippen LogP contribution < -0.4 is 10.6 Å². The van der Waals surface area contributed by atoms with Crippen molar-refractivity contribution in [3.63, 3.8) is 0 Å². The number of carbonyl (C=O) groups is 1. The van der Waals surface area contributed by atoms with Crippen molar-refractivity contribution in [2.75, 3.05) is 38.0 Å². The molecule has 4 heteroatoms. The van der Waals surface area contributed by atoms with Gasteiger partial charge in [0.05, 0.1) is 6.54 Å². The Morgan fingerprint density at radius 1 is 1.15 bits per heavy atom. The molecule has 1 aromatic carbocycles. The molecule has 1 amide bonds. The predicted molar refractivity (Wildman–Crippen MR) is 83.0 cm³/mol. The third kappa shape index (κ3) is 5.31. The van der Waals surface area contributed by atoms with Crippen LogP contribution in [0.2, 0.25) is 0 Å². The van der Waals surface area contributed by atoms with Gasteiger partial charge in [0.1, 0.15) is 0 Å². The Kier molecular flexibility index (Phi) is 6.02. The summed E-state index contributed by atoms with van der Waals surface area (Å²) in [7, 11) is 0. The van der Waals surface area contributed by atoms with Gasteiger partial charge in [0, 0.05) is 18.8 Å². The van der Waals surface area contributed by atoms with Gasteiger partial charge in [-0.25, -0.2) is 0 Å². The fraction of sp³-hybridized carbons (Fsp3) is 0.562. The molecule has 0 bridgehead atoms. The van der Waals surface area contributed by atoms with E-state index < -0.39 is 0 Å². The molecule has 0 aliphatic carbocycles. The van der Waals surface area contributed by atoms with Crippen molar-refractivity contribution < 1.29 is 4.79 Å². The van der Waals surface area contributed by atoms with Crippen molar-refractivity contribution in [2.45, 2.75) is 26.2 Å². The van der Waals surface area contributed by atoms with Crippen molar-refractivity contribution in [2.24, 2.45) is 0 Å². The maximum atomic E-state index is 11.8. The zero-order valence-electron chi connectivity index (χ0n) is 12.3. The number of carbonyl (C=O) groups excluding carboxylic acids is 1. The fourth-order valence-corrected chi connectivity index (χ4v) is 2.46. The van der Waals surface area contributed by atoms with Crippen molar-refractivity contribution in [3.8, 4) is 0 Å². The van der Waals surface area contributed by atoms with Crippen LogP contribution in [-0.4, -0.2) is 43.5 Å². The van der Waals surface area contributed by atoms with Gasteiger partial charge in [0.25, 0.3) is 0 Å². The minimum Gasteiger partial charge on any atom is -0.325 e. The lowest BCUT2D eigenvalue weighted by Crippen LogP contribution is -2.38. The van der Waals surface area contributed by atoms with Crippen LogP contribution >= 0.6 is 0 Å². The van der Waals surface area contributed by atoms with E-state index >= 15 is 0 Å². The summed E-state index contributed by atoms with van der Waals surface area (Å²) in [6, 6.07) is 7.86. The molecular weight excluding hydrogens is 250 g/mol. The number of hydrogen-bond acceptors (Lipinski definition) is 3. The molecule has 4 nitrogen and oxygen atoms in total. The number of benzene rings is 1. The molecule has 0 aromatic heterocycles. The summed E-state index contributed by atoms with van der Waals surface area (Å²) in [6.45, 7) is 6.74. The maximum absolute atomic E-state index is 11.8. The zero-order chi connectivity index (χ0) is 14.2. The summed E-state index contributed by atoms with van der Waals surface area (Å²) < 4.78 is 0. The van der Waals surface area contributed by atoms with Crippen LogP contribution in [0.4, 0.5) is 5.69 Å². The molecule has 1 aliphatic heterocycles. The molecule has 110 valence electrons. The molecule has 0 atom stereocenters. The summed E-state index contributed by atoms with van der Waals surface area (Å²) >= 11 is 0. The highest BCUT2D eigenvalue weighted by Gasteiger charge is 2.09. The van der Waals surface area contributed by atoms with Crippen LogP contribution in [0, 0.1) is 6.92 Å². The van der Waals surface area contributed by atoms with Gasteiger partial charge in [-0.2, -0.15) is 0 Å². The molecule has 1 heterocycles. The standard InChI is InChI=1S/C16H25N3O/c1-14-5-7-15(8-6-14)18-16(20)13-17-9-12-19-10-3-2-4-11-19/h5-8,17H,2-4,9-13H2,1H3,(H,18,20). The van der Waals surface area contributed by atoms with E-state index in [4.69, 9.17) is 0 Å². The Hall–Kier alpha value is -1.39. The third-order valence-corrected chi connectivity index (χ3v) is 3.67. The quantitative estimate of drug-likeness (QED) is 0.781. The number of amides is 1. The van der Waals surface area contributed by atoms with Crippen LogP contribution in [-0.2, 0) is 4.79 Å². The van der Waals surface area contributed by atoms with Gasteiger partial charge in [0.15, 0.2) is 0 Å². The van der Waals surface area contributed by atoms with E-state index in [0.29, 0.717) is 6.54 Å². The van der Waals surface area contributed by atoms with Crippen molar-refractivity contribution in [1.82, 2.24) is 10.2 Å². The Labute approximate surface area is 121 Å². The molecular formula is C16H25N3O. The second-order valence-corrected chi connectivity index (χ2v) is 5.49. The topological polar surface area (TPSA) is 44.4 Å². The second-order valence-electron chi connectivity index (χ2n) is 5.49. The molecule has 0 radical (unpaired) electrons. The highest BCUT2D eigenvalue weighted by Crippen LogP contribution is 2.08. The van der Waals surface area contributed by atoms with Gasteiger partial charge < -0.3 is 15.5 Å². The lowest BCUT2D eigenvalue weighted by Gasteiger charge is -2.26. The van der Waals surface area contributed by atoms with Gasteiger partial charge in [-0.15, -0.1) is 0 Å². The Morgan fingerprint density at radius 2 is 1.85 bits per heavy atom. The summed E-state index contributed by atoms with van der Waals surface area (Å²) in [4.78, 5) is 14.2. The smallest absolute Gasteiger partial charge is 0.238 e. The third-order valence-electron chi connectivity index (χ3n) is 3.67. The first-order valence-electron chi connectivity index (χ1n) is 7.53. The summed E-state index contributed by atoms with van der Waals surface area (Å²) in [5.41, 5.74) is 2.06. The fourth-order valence-electron chi connectivity index (χ4n) is 2.46. The largest absolute Gasteiger partial charge is 0.325 e. The summed E-state index contributed by atoms with van der Waals surface area (Å²) in [5.74, 6) is 0.0208. The number of piperidine rings is 1. The van der Waals surface area contributed by atoms with Crippen LogP contribution in [0.25, 0.3) is 0 Å². The SMILES string of the molecule is Cc1ccc(NC(=O)CNCCN2CCCCC2)cc1. The maximum Gasteiger partial charge on any atom is 0.238 e. The van der Waals surface area contributed by atoms with Crippen LogP contribution in [0.3, 0.4) is 0 Å². The highest BCUT2D eigenvalue weighted by molar-refractivity contribution is 5.92. The normalized spacial score (nSPS) is 16.1. The van der Waals surface area contributed by atoms with Gasteiger partial charge in [-0.3, -0.25) is 4.79 Å². The number of rotatable bonds is 6. The molecule has 1 aromatic rings. The van der Waals surface area contributed by atoms with Gasteiger partial charge in [0.2, 0.25) is 5.91 Å². The molecule has 1 fully saturated rings. The number of nitrogens with one attached hydrogen (secondary N) is 2. The lowest BCUT2D eigenvalue weighted by atomic mass is 10.1. The van der Waals surface area contributed by atoms with Gasteiger partial charge in [-0.05, 0) is 45.0 Å². The number of likely N-dealkylation sites (tertiary alicyclic amines) is 1. The predicted octanol–water partition coefficient (Wildman–Crippen LogP) is 2.01. The van der Waals surface area contributed by atoms with E-state index in [0.717, 1.165) is 18.8 Å². The van der Waals surface area contributed by atoms with E-state index in [-0.39, 0.29) is 5.91 Å². The molecule has 0 spiro atoms. The number of nitrogens with zero attached hydrogens (tertiary/aromatic N) is 1. The average molecular weight is 275 g/mol. The first kappa shape index (κ1) is 15.0. The minimum absolute atomic E-state index is 0.0208. The minimum atomic E-state index is 0.0208. The van der Waals surface area contributed by atoms with Crippen molar-refractivity contribution >= 4 is 11.6 Å². The van der Waals surface area contributed by atoms with E-state index in [2.05, 4.69) is 15.5 Å². The molecule has 2 N–H and O–H groups in total. The van der Waals surface area contributed by atoms with E-state index in [1.54, 1.807) is 0 Å². The molecule has 20 heavy (non-hydrogen) atoms. The average Bonchev–Trinajstić information content (AvgIpc) is 2.47.